The van der Waals surface area contributed by atoms with Gasteiger partial charge >= 0.3 is 5.97 Å². The van der Waals surface area contributed by atoms with Crippen molar-refractivity contribution in [3.05, 3.63) is 94.5 Å². The Morgan fingerprint density at radius 3 is 2.38 bits per heavy atom. The fourth-order valence-electron chi connectivity index (χ4n) is 3.64. The molecule has 0 heterocycles. The molecule has 6 heteroatoms. The second-order valence-corrected chi connectivity index (χ2v) is 8.79. The molecule has 3 aromatic carbocycles. The van der Waals surface area contributed by atoms with Crippen LogP contribution in [0.5, 0.6) is 5.75 Å². The third-order valence-corrected chi connectivity index (χ3v) is 5.93. The fraction of sp³-hybridized carbons (Fsp3) is 0.286. The Morgan fingerprint density at radius 1 is 0.941 bits per heavy atom. The van der Waals surface area contributed by atoms with Crippen LogP contribution in [0.1, 0.15) is 47.7 Å². The molecular formula is C28H30ClNO4. The summed E-state index contributed by atoms with van der Waals surface area (Å²) in [6.45, 7) is 2.52. The number of carboxylic acids is 1. The van der Waals surface area contributed by atoms with E-state index in [0.717, 1.165) is 37.0 Å². The minimum absolute atomic E-state index is 0.0427. The van der Waals surface area contributed by atoms with E-state index < -0.39 is 5.97 Å². The first-order chi connectivity index (χ1) is 16.4. The van der Waals surface area contributed by atoms with Crippen molar-refractivity contribution in [2.75, 3.05) is 11.9 Å². The van der Waals surface area contributed by atoms with Gasteiger partial charge in [0.1, 0.15) is 5.75 Å². The zero-order chi connectivity index (χ0) is 24.3. The van der Waals surface area contributed by atoms with Crippen LogP contribution >= 0.6 is 11.6 Å². The monoisotopic (exact) mass is 479 g/mol. The van der Waals surface area contributed by atoms with Gasteiger partial charge in [0.2, 0.25) is 5.91 Å². The molecule has 0 aliphatic rings. The second kappa shape index (κ2) is 12.8. The van der Waals surface area contributed by atoms with E-state index in [0.29, 0.717) is 18.7 Å². The fourth-order valence-corrected chi connectivity index (χ4v) is 3.84. The van der Waals surface area contributed by atoms with E-state index >= 15 is 0 Å². The summed E-state index contributed by atoms with van der Waals surface area (Å²) in [6, 6.07) is 22.7. The maximum Gasteiger partial charge on any atom is 0.337 e. The van der Waals surface area contributed by atoms with Crippen molar-refractivity contribution >= 4 is 29.2 Å². The number of ether oxygens (including phenoxy) is 1. The number of nitrogens with one attached hydrogen (secondary N) is 1. The highest BCUT2D eigenvalue weighted by Gasteiger charge is 2.16. The van der Waals surface area contributed by atoms with Crippen molar-refractivity contribution < 1.29 is 19.4 Å². The van der Waals surface area contributed by atoms with Gasteiger partial charge in [-0.25, -0.2) is 4.79 Å². The van der Waals surface area contributed by atoms with E-state index in [9.17, 15) is 14.7 Å². The summed E-state index contributed by atoms with van der Waals surface area (Å²) in [5.74, 6) is -0.787. The largest absolute Gasteiger partial charge is 0.494 e. The maximum atomic E-state index is 12.6. The highest BCUT2D eigenvalue weighted by atomic mass is 35.5. The topological polar surface area (TPSA) is 75.6 Å². The number of anilines is 1. The molecule has 1 amide bonds. The Hall–Kier alpha value is -3.31. The molecule has 2 N–H and O–H groups in total. The lowest BCUT2D eigenvalue weighted by Gasteiger charge is -2.13. The van der Waals surface area contributed by atoms with Crippen molar-refractivity contribution in [3.63, 3.8) is 0 Å². The zero-order valence-corrected chi connectivity index (χ0v) is 20.1. The van der Waals surface area contributed by atoms with Crippen molar-refractivity contribution in [1.82, 2.24) is 0 Å². The number of rotatable bonds is 12. The molecule has 0 aliphatic heterocycles. The summed E-state index contributed by atoms with van der Waals surface area (Å²) in [5, 5.41) is 12.1. The molecule has 3 aromatic rings. The molecule has 178 valence electrons. The number of hydrogen-bond donors (Lipinski definition) is 2. The summed E-state index contributed by atoms with van der Waals surface area (Å²) >= 11 is 5.88. The van der Waals surface area contributed by atoms with Crippen LogP contribution in [0.3, 0.4) is 0 Å². The highest BCUT2D eigenvalue weighted by molar-refractivity contribution is 6.33. The summed E-state index contributed by atoms with van der Waals surface area (Å²) in [6.07, 6.45) is 4.95. The van der Waals surface area contributed by atoms with Gasteiger partial charge in [-0.3, -0.25) is 4.79 Å². The van der Waals surface area contributed by atoms with Crippen molar-refractivity contribution in [2.24, 2.45) is 5.92 Å². The van der Waals surface area contributed by atoms with Crippen LogP contribution in [0.2, 0.25) is 5.02 Å². The first kappa shape index (κ1) is 25.3. The van der Waals surface area contributed by atoms with Gasteiger partial charge in [0.25, 0.3) is 0 Å². The highest BCUT2D eigenvalue weighted by Crippen LogP contribution is 2.22. The summed E-state index contributed by atoms with van der Waals surface area (Å²) < 4.78 is 5.85. The van der Waals surface area contributed by atoms with Gasteiger partial charge in [-0.2, -0.15) is 0 Å². The van der Waals surface area contributed by atoms with Crippen LogP contribution in [0.25, 0.3) is 0 Å². The van der Waals surface area contributed by atoms with Crippen molar-refractivity contribution in [2.45, 2.75) is 39.0 Å². The van der Waals surface area contributed by atoms with E-state index in [-0.39, 0.29) is 22.4 Å². The predicted octanol–water partition coefficient (Wildman–Crippen LogP) is 6.65. The number of halogens is 1. The number of hydrogen-bond acceptors (Lipinski definition) is 3. The SMILES string of the molecule is CC(Cc1ccc(OCCCCCc2ccccc2)cc1)C(=O)Nc1ccc(Cl)c(C(=O)O)c1. The standard InChI is InChI=1S/C28H30ClNO4/c1-20(27(31)30-23-13-16-26(29)25(19-23)28(32)33)18-22-11-14-24(15-12-22)34-17-7-3-6-10-21-8-4-2-5-9-21/h2,4-5,8-9,11-16,19-20H,3,6-7,10,17-18H2,1H3,(H,30,31)(H,32,33). The maximum absolute atomic E-state index is 12.6. The van der Waals surface area contributed by atoms with E-state index in [1.54, 1.807) is 6.07 Å². The van der Waals surface area contributed by atoms with E-state index in [1.165, 1.54) is 17.7 Å². The molecule has 3 rings (SSSR count). The van der Waals surface area contributed by atoms with Gasteiger partial charge in [-0.05, 0) is 73.6 Å². The number of aryl methyl sites for hydroxylation is 1. The lowest BCUT2D eigenvalue weighted by molar-refractivity contribution is -0.119. The molecule has 0 saturated heterocycles. The lowest BCUT2D eigenvalue weighted by Crippen LogP contribution is -2.22. The third-order valence-electron chi connectivity index (χ3n) is 5.60. The first-order valence-electron chi connectivity index (χ1n) is 11.5. The van der Waals surface area contributed by atoms with Gasteiger partial charge in [0, 0.05) is 11.6 Å². The van der Waals surface area contributed by atoms with Gasteiger partial charge in [-0.1, -0.05) is 61.0 Å². The van der Waals surface area contributed by atoms with Gasteiger partial charge in [0.15, 0.2) is 0 Å². The minimum atomic E-state index is -1.14. The predicted molar refractivity (Wildman–Crippen MR) is 136 cm³/mol. The molecule has 0 bridgehead atoms. The average Bonchev–Trinajstić information content (AvgIpc) is 2.84. The van der Waals surface area contributed by atoms with Gasteiger partial charge < -0.3 is 15.2 Å². The molecular weight excluding hydrogens is 450 g/mol. The number of aromatic carboxylic acids is 1. The quantitative estimate of drug-likeness (QED) is 0.285. The lowest BCUT2D eigenvalue weighted by atomic mass is 10.00. The van der Waals surface area contributed by atoms with Gasteiger partial charge in [0.05, 0.1) is 17.2 Å². The van der Waals surface area contributed by atoms with E-state index in [2.05, 4.69) is 29.6 Å². The number of carbonyl (C=O) groups excluding carboxylic acids is 1. The Labute approximate surface area is 205 Å². The van der Waals surface area contributed by atoms with Crippen molar-refractivity contribution in [1.29, 1.82) is 0 Å². The molecule has 0 aliphatic carbocycles. The Bertz CT molecular complexity index is 1080. The molecule has 0 fully saturated rings. The van der Waals surface area contributed by atoms with Crippen LogP contribution < -0.4 is 10.1 Å². The molecule has 0 saturated carbocycles. The molecule has 0 spiro atoms. The molecule has 0 radical (unpaired) electrons. The first-order valence-corrected chi connectivity index (χ1v) is 11.9. The average molecular weight is 480 g/mol. The van der Waals surface area contributed by atoms with Gasteiger partial charge in [-0.15, -0.1) is 0 Å². The normalized spacial score (nSPS) is 11.6. The number of carboxylic acid groups (broad SMARTS) is 1. The molecule has 1 unspecified atom stereocenters. The summed E-state index contributed by atoms with van der Waals surface area (Å²) in [7, 11) is 0. The van der Waals surface area contributed by atoms with Crippen LogP contribution in [-0.4, -0.2) is 23.6 Å². The van der Waals surface area contributed by atoms with Crippen LogP contribution in [0, 0.1) is 5.92 Å². The zero-order valence-electron chi connectivity index (χ0n) is 19.3. The Kier molecular flexibility index (Phi) is 9.53. The Morgan fingerprint density at radius 2 is 1.68 bits per heavy atom. The Balaban J connectivity index is 1.39. The number of benzene rings is 3. The summed E-state index contributed by atoms with van der Waals surface area (Å²) in [5.41, 5.74) is 2.77. The van der Waals surface area contributed by atoms with E-state index in [4.69, 9.17) is 16.3 Å². The second-order valence-electron chi connectivity index (χ2n) is 8.38. The minimum Gasteiger partial charge on any atom is -0.494 e. The number of carbonyl (C=O) groups is 2. The van der Waals surface area contributed by atoms with Crippen LogP contribution in [0.4, 0.5) is 5.69 Å². The molecule has 1 atom stereocenters. The number of amides is 1. The molecule has 0 aromatic heterocycles. The van der Waals surface area contributed by atoms with Crippen LogP contribution in [-0.2, 0) is 17.6 Å². The van der Waals surface area contributed by atoms with E-state index in [1.807, 2.05) is 37.3 Å². The molecule has 34 heavy (non-hydrogen) atoms. The van der Waals surface area contributed by atoms with Crippen LogP contribution in [0.15, 0.2) is 72.8 Å². The third kappa shape index (κ3) is 7.92. The molecule has 5 nitrogen and oxygen atoms in total. The number of unbranched alkanes of at least 4 members (excludes halogenated alkanes) is 2. The van der Waals surface area contributed by atoms with Crippen molar-refractivity contribution in [3.8, 4) is 5.75 Å². The smallest absolute Gasteiger partial charge is 0.337 e. The summed E-state index contributed by atoms with van der Waals surface area (Å²) in [4.78, 5) is 23.8.